The molecule has 0 aromatic rings. The van der Waals surface area contributed by atoms with Crippen molar-refractivity contribution in [1.29, 1.82) is 0 Å². The van der Waals surface area contributed by atoms with Gasteiger partial charge in [0.15, 0.2) is 0 Å². The van der Waals surface area contributed by atoms with Gasteiger partial charge in [-0.3, -0.25) is 4.18 Å². The second-order valence-electron chi connectivity index (χ2n) is 8.52. The predicted octanol–water partition coefficient (Wildman–Crippen LogP) is -2.74. The van der Waals surface area contributed by atoms with Crippen molar-refractivity contribution in [2.75, 3.05) is 33.0 Å². The fourth-order valence-electron chi connectivity index (χ4n) is 3.62. The molecule has 0 rings (SSSR count). The standard InChI is InChI=1S/C22H46O10S2.2Na/c1-2-3-4-5-9-12-15-22(33(24,25)26)21(23)14-11-8-6-7-10-13-16-30-17-18-31-19-20-32-34(27,28)29;;/h21-23H,2-20H2,1H3,(H,24,25,26)(H,27,28,29);;/q;2*+1/p-2. The Labute approximate surface area is 263 Å². The Morgan fingerprint density at radius 3 is 1.61 bits per heavy atom. The quantitative estimate of drug-likeness (QED) is 0.0521. The third kappa shape index (κ3) is 28.7. The third-order valence-electron chi connectivity index (χ3n) is 5.51. The van der Waals surface area contributed by atoms with E-state index in [4.69, 9.17) is 9.47 Å². The number of hydrogen-bond donors (Lipinski definition) is 1. The normalized spacial score (nSPS) is 13.6. The van der Waals surface area contributed by atoms with Crippen LogP contribution in [-0.2, 0) is 34.2 Å². The minimum absolute atomic E-state index is 0. The Kier molecular flexibility index (Phi) is 31.4. The average molecular weight is 579 g/mol. The molecule has 2 unspecified atom stereocenters. The molecule has 0 spiro atoms. The summed E-state index contributed by atoms with van der Waals surface area (Å²) in [5.41, 5.74) is 0. The van der Waals surface area contributed by atoms with Gasteiger partial charge in [-0.2, -0.15) is 0 Å². The van der Waals surface area contributed by atoms with Gasteiger partial charge in [0.05, 0.1) is 37.8 Å². The first-order valence-corrected chi connectivity index (χ1v) is 15.3. The summed E-state index contributed by atoms with van der Waals surface area (Å²) in [7, 11) is -9.17. The second kappa shape index (κ2) is 26.9. The molecule has 0 bridgehead atoms. The molecule has 0 saturated carbocycles. The van der Waals surface area contributed by atoms with Crippen molar-refractivity contribution in [3.63, 3.8) is 0 Å². The van der Waals surface area contributed by atoms with Gasteiger partial charge in [0.1, 0.15) is 10.1 Å². The van der Waals surface area contributed by atoms with E-state index in [-0.39, 0.29) is 85.4 Å². The van der Waals surface area contributed by atoms with Gasteiger partial charge in [0.2, 0.25) is 10.4 Å². The van der Waals surface area contributed by atoms with E-state index >= 15 is 0 Å². The first-order chi connectivity index (χ1) is 16.1. The van der Waals surface area contributed by atoms with E-state index in [9.17, 15) is 31.0 Å². The molecule has 1 N–H and O–H groups in total. The van der Waals surface area contributed by atoms with E-state index in [0.29, 0.717) is 32.5 Å². The summed E-state index contributed by atoms with van der Waals surface area (Å²) < 4.78 is 79.7. The predicted molar refractivity (Wildman–Crippen MR) is 127 cm³/mol. The molecule has 0 amide bonds. The maximum Gasteiger partial charge on any atom is 1.00 e. The molecule has 0 aliphatic carbocycles. The van der Waals surface area contributed by atoms with Crippen LogP contribution in [0.15, 0.2) is 0 Å². The zero-order valence-corrected chi connectivity index (χ0v) is 28.2. The SMILES string of the molecule is CCCCCCCCC(C(O)CCCCCCCCOCCOCCOS(=O)(=O)[O-])S(=O)(=O)[O-].[Na+].[Na+]. The summed E-state index contributed by atoms with van der Waals surface area (Å²) in [4.78, 5) is 0. The van der Waals surface area contributed by atoms with Crippen molar-refractivity contribution in [2.45, 2.75) is 108 Å². The molecule has 206 valence electrons. The van der Waals surface area contributed by atoms with Crippen molar-refractivity contribution in [2.24, 2.45) is 0 Å². The van der Waals surface area contributed by atoms with Crippen LogP contribution in [-0.4, -0.2) is 75.4 Å². The largest absolute Gasteiger partial charge is 1.00 e. The van der Waals surface area contributed by atoms with E-state index in [1.165, 1.54) is 0 Å². The Morgan fingerprint density at radius 1 is 0.639 bits per heavy atom. The van der Waals surface area contributed by atoms with Gasteiger partial charge in [-0.1, -0.05) is 77.6 Å². The summed E-state index contributed by atoms with van der Waals surface area (Å²) in [6, 6.07) is 0. The smallest absolute Gasteiger partial charge is 0.748 e. The molecule has 10 nitrogen and oxygen atoms in total. The van der Waals surface area contributed by atoms with Crippen molar-refractivity contribution >= 4 is 20.5 Å². The Morgan fingerprint density at radius 2 is 1.08 bits per heavy atom. The summed E-state index contributed by atoms with van der Waals surface area (Å²) >= 11 is 0. The molecule has 36 heavy (non-hydrogen) atoms. The molecular weight excluding hydrogens is 534 g/mol. The van der Waals surface area contributed by atoms with Crippen LogP contribution in [0.4, 0.5) is 0 Å². The molecule has 14 heteroatoms. The minimum Gasteiger partial charge on any atom is -0.748 e. The summed E-state index contributed by atoms with van der Waals surface area (Å²) in [5.74, 6) is 0. The molecule has 0 aromatic carbocycles. The van der Waals surface area contributed by atoms with Gasteiger partial charge in [-0.25, -0.2) is 16.8 Å². The molecule has 0 saturated heterocycles. The van der Waals surface area contributed by atoms with Gasteiger partial charge in [0.25, 0.3) is 0 Å². The monoisotopic (exact) mass is 578 g/mol. The van der Waals surface area contributed by atoms with Crippen molar-refractivity contribution in [1.82, 2.24) is 0 Å². The van der Waals surface area contributed by atoms with Crippen LogP contribution in [0.5, 0.6) is 0 Å². The molecular formula is C22H44Na2O10S2. The van der Waals surface area contributed by atoms with E-state index in [1.54, 1.807) is 0 Å². The fourth-order valence-corrected chi connectivity index (χ4v) is 4.87. The van der Waals surface area contributed by atoms with Gasteiger partial charge in [-0.15, -0.1) is 0 Å². The molecule has 0 aliphatic rings. The van der Waals surface area contributed by atoms with Gasteiger partial charge < -0.3 is 23.7 Å². The molecule has 0 radical (unpaired) electrons. The zero-order valence-electron chi connectivity index (χ0n) is 22.5. The van der Waals surface area contributed by atoms with Gasteiger partial charge in [-0.05, 0) is 19.3 Å². The van der Waals surface area contributed by atoms with Crippen LogP contribution in [0.3, 0.4) is 0 Å². The second-order valence-corrected chi connectivity index (χ2v) is 11.2. The number of rotatable bonds is 25. The first kappa shape index (κ1) is 42.1. The zero-order chi connectivity index (χ0) is 25.7. The number of hydrogen-bond acceptors (Lipinski definition) is 10. The Bertz CT molecular complexity index is 678. The number of aliphatic hydroxyl groups is 1. The van der Waals surface area contributed by atoms with Crippen LogP contribution < -0.4 is 59.1 Å². The van der Waals surface area contributed by atoms with Crippen molar-refractivity contribution in [3.05, 3.63) is 0 Å². The summed E-state index contributed by atoms with van der Waals surface area (Å²) in [5, 5.41) is 9.06. The fraction of sp³-hybridized carbons (Fsp3) is 1.00. The maximum absolute atomic E-state index is 11.5. The van der Waals surface area contributed by atoms with Crippen LogP contribution in [0.2, 0.25) is 0 Å². The minimum atomic E-state index is -4.67. The summed E-state index contributed by atoms with van der Waals surface area (Å²) in [6.45, 7) is 3.04. The van der Waals surface area contributed by atoms with E-state index < -0.39 is 31.9 Å². The summed E-state index contributed by atoms with van der Waals surface area (Å²) in [6.07, 6.45) is 10.8. The van der Waals surface area contributed by atoms with Gasteiger partial charge in [0, 0.05) is 6.61 Å². The third-order valence-corrected chi connectivity index (χ3v) is 7.25. The number of ether oxygens (including phenoxy) is 2. The van der Waals surface area contributed by atoms with Crippen molar-refractivity contribution in [3.8, 4) is 0 Å². The van der Waals surface area contributed by atoms with E-state index in [0.717, 1.165) is 64.2 Å². The van der Waals surface area contributed by atoms with Gasteiger partial charge >= 0.3 is 59.1 Å². The average Bonchev–Trinajstić information content (AvgIpc) is 2.74. The van der Waals surface area contributed by atoms with E-state index in [1.807, 2.05) is 0 Å². The van der Waals surface area contributed by atoms with Crippen LogP contribution in [0.25, 0.3) is 0 Å². The Hall–Kier alpha value is 1.66. The molecule has 0 aromatic heterocycles. The maximum atomic E-state index is 11.5. The van der Waals surface area contributed by atoms with Crippen LogP contribution >= 0.6 is 0 Å². The number of aliphatic hydroxyl groups excluding tert-OH is 1. The molecule has 2 atom stereocenters. The molecule has 0 fully saturated rings. The van der Waals surface area contributed by atoms with Crippen molar-refractivity contribution < 1.29 is 104 Å². The molecule has 0 aliphatic heterocycles. The van der Waals surface area contributed by atoms with E-state index in [2.05, 4.69) is 11.1 Å². The molecule has 0 heterocycles. The van der Waals surface area contributed by atoms with Crippen LogP contribution in [0, 0.1) is 0 Å². The first-order valence-electron chi connectivity index (χ1n) is 12.5. The topological polar surface area (TPSA) is 162 Å². The number of unbranched alkanes of at least 4 members (excludes halogenated alkanes) is 10. The van der Waals surface area contributed by atoms with Crippen LogP contribution in [0.1, 0.15) is 96.8 Å². The Balaban J connectivity index is -0.00000544.